The van der Waals surface area contributed by atoms with Crippen molar-refractivity contribution in [1.29, 1.82) is 0 Å². The summed E-state index contributed by atoms with van der Waals surface area (Å²) < 4.78 is 44.4. The summed E-state index contributed by atoms with van der Waals surface area (Å²) in [7, 11) is 0. The quantitative estimate of drug-likeness (QED) is 0.438. The Morgan fingerprint density at radius 2 is 1.83 bits per heavy atom. The number of carboxylic acids is 1. The highest BCUT2D eigenvalue weighted by atomic mass is 19.4. The summed E-state index contributed by atoms with van der Waals surface area (Å²) in [6, 6.07) is 12.0. The highest BCUT2D eigenvalue weighted by molar-refractivity contribution is 5.84. The lowest BCUT2D eigenvalue weighted by Crippen LogP contribution is -2.04. The van der Waals surface area contributed by atoms with Gasteiger partial charge in [0.25, 0.3) is 0 Å². The molecule has 2 aromatic carbocycles. The van der Waals surface area contributed by atoms with E-state index in [0.717, 1.165) is 36.1 Å². The van der Waals surface area contributed by atoms with Gasteiger partial charge in [0.2, 0.25) is 0 Å². The van der Waals surface area contributed by atoms with E-state index in [2.05, 4.69) is 0 Å². The first-order valence-corrected chi connectivity index (χ1v) is 9.35. The molecule has 0 saturated heterocycles. The number of carbonyl (C=O) groups is 1. The van der Waals surface area contributed by atoms with Crippen LogP contribution in [0.4, 0.5) is 13.2 Å². The molecule has 3 nitrogen and oxygen atoms in total. The van der Waals surface area contributed by atoms with Crippen molar-refractivity contribution in [3.8, 4) is 5.75 Å². The van der Waals surface area contributed by atoms with E-state index >= 15 is 0 Å². The first kappa shape index (κ1) is 20.7. The van der Waals surface area contributed by atoms with Crippen LogP contribution in [0.1, 0.15) is 36.0 Å². The van der Waals surface area contributed by atoms with Gasteiger partial charge in [0.15, 0.2) is 0 Å². The van der Waals surface area contributed by atoms with Gasteiger partial charge in [0.1, 0.15) is 5.75 Å². The Kier molecular flexibility index (Phi) is 6.42. The molecular formula is C23H21F3O3. The van der Waals surface area contributed by atoms with Crippen molar-refractivity contribution < 1.29 is 27.8 Å². The first-order valence-electron chi connectivity index (χ1n) is 9.35. The molecule has 6 heteroatoms. The van der Waals surface area contributed by atoms with Gasteiger partial charge in [0, 0.05) is 6.08 Å². The van der Waals surface area contributed by atoms with E-state index < -0.39 is 17.7 Å². The molecule has 1 fully saturated rings. The lowest BCUT2D eigenvalue weighted by atomic mass is 9.96. The maximum absolute atomic E-state index is 12.9. The predicted octanol–water partition coefficient (Wildman–Crippen LogP) is 5.96. The van der Waals surface area contributed by atoms with Crippen LogP contribution in [0.2, 0.25) is 0 Å². The van der Waals surface area contributed by atoms with Crippen LogP contribution in [0.15, 0.2) is 66.8 Å². The molecule has 0 amide bonds. The number of carboxylic acid groups (broad SMARTS) is 1. The fourth-order valence-corrected chi connectivity index (χ4v) is 2.93. The highest BCUT2D eigenvalue weighted by Crippen LogP contribution is 2.33. The molecule has 29 heavy (non-hydrogen) atoms. The van der Waals surface area contributed by atoms with Gasteiger partial charge < -0.3 is 9.84 Å². The summed E-state index contributed by atoms with van der Waals surface area (Å²) in [5.74, 6) is 0.315. The number of benzene rings is 2. The number of alkyl halides is 3. The Hall–Kier alpha value is -3.02. The molecule has 0 bridgehead atoms. The third-order valence-corrected chi connectivity index (χ3v) is 4.66. The number of allylic oxidation sites excluding steroid dienone is 2. The average Bonchev–Trinajstić information content (AvgIpc) is 3.49. The molecule has 0 spiro atoms. The summed E-state index contributed by atoms with van der Waals surface area (Å²) in [6.45, 7) is 0.617. The van der Waals surface area contributed by atoms with Gasteiger partial charge in [-0.3, -0.25) is 0 Å². The summed E-state index contributed by atoms with van der Waals surface area (Å²) in [5.41, 5.74) is 1.13. The van der Waals surface area contributed by atoms with E-state index in [1.165, 1.54) is 31.1 Å². The van der Waals surface area contributed by atoms with Crippen LogP contribution in [-0.2, 0) is 11.0 Å². The molecule has 3 rings (SSSR count). The van der Waals surface area contributed by atoms with E-state index in [1.54, 1.807) is 12.1 Å². The molecule has 0 atom stereocenters. The van der Waals surface area contributed by atoms with Crippen molar-refractivity contribution >= 4 is 11.5 Å². The molecule has 0 aromatic heterocycles. The monoisotopic (exact) mass is 402 g/mol. The molecule has 2 aromatic rings. The summed E-state index contributed by atoms with van der Waals surface area (Å²) in [4.78, 5) is 10.8. The molecule has 1 saturated carbocycles. The molecule has 1 N–H and O–H groups in total. The minimum absolute atomic E-state index is 0.545. The number of aliphatic carboxylic acids is 1. The van der Waals surface area contributed by atoms with Crippen LogP contribution < -0.4 is 4.74 Å². The number of hydrogen-bond donors (Lipinski definition) is 1. The Balaban J connectivity index is 1.88. The van der Waals surface area contributed by atoms with Crippen LogP contribution in [-0.4, -0.2) is 17.7 Å². The Bertz CT molecular complexity index is 908. The SMILES string of the molecule is O=C(O)C=CC=C(c1ccc(C(F)(F)F)cc1)c1cccc(OCCC2CC2)c1. The van der Waals surface area contributed by atoms with Gasteiger partial charge in [-0.2, -0.15) is 13.2 Å². The van der Waals surface area contributed by atoms with Crippen molar-refractivity contribution in [2.45, 2.75) is 25.4 Å². The van der Waals surface area contributed by atoms with Gasteiger partial charge in [-0.1, -0.05) is 49.3 Å². The fraction of sp³-hybridized carbons (Fsp3) is 0.261. The van der Waals surface area contributed by atoms with Crippen LogP contribution in [0.25, 0.3) is 5.57 Å². The molecular weight excluding hydrogens is 381 g/mol. The zero-order valence-corrected chi connectivity index (χ0v) is 15.7. The Labute approximate surface area is 167 Å². The molecule has 0 heterocycles. The van der Waals surface area contributed by atoms with E-state index in [1.807, 2.05) is 18.2 Å². The molecule has 0 aliphatic heterocycles. The summed E-state index contributed by atoms with van der Waals surface area (Å²) in [6.07, 6.45) is 2.99. The molecule has 0 radical (unpaired) electrons. The van der Waals surface area contributed by atoms with E-state index in [4.69, 9.17) is 9.84 Å². The number of rotatable bonds is 8. The zero-order chi connectivity index (χ0) is 20.9. The van der Waals surface area contributed by atoms with E-state index in [0.29, 0.717) is 23.5 Å². The van der Waals surface area contributed by atoms with Gasteiger partial charge in [-0.15, -0.1) is 0 Å². The minimum atomic E-state index is -4.42. The van der Waals surface area contributed by atoms with Crippen molar-refractivity contribution in [2.24, 2.45) is 5.92 Å². The lowest BCUT2D eigenvalue weighted by molar-refractivity contribution is -0.137. The maximum Gasteiger partial charge on any atom is 0.416 e. The second kappa shape index (κ2) is 8.99. The van der Waals surface area contributed by atoms with E-state index in [9.17, 15) is 18.0 Å². The largest absolute Gasteiger partial charge is 0.494 e. The number of halogens is 3. The second-order valence-corrected chi connectivity index (χ2v) is 6.96. The van der Waals surface area contributed by atoms with Crippen molar-refractivity contribution in [3.63, 3.8) is 0 Å². The maximum atomic E-state index is 12.9. The lowest BCUT2D eigenvalue weighted by Gasteiger charge is -2.12. The number of ether oxygens (including phenoxy) is 1. The van der Waals surface area contributed by atoms with Crippen LogP contribution in [0.5, 0.6) is 5.75 Å². The first-order chi connectivity index (χ1) is 13.8. The molecule has 1 aliphatic rings. The van der Waals surface area contributed by atoms with Crippen LogP contribution >= 0.6 is 0 Å². The Morgan fingerprint density at radius 3 is 2.45 bits per heavy atom. The third-order valence-electron chi connectivity index (χ3n) is 4.66. The smallest absolute Gasteiger partial charge is 0.416 e. The fourth-order valence-electron chi connectivity index (χ4n) is 2.93. The van der Waals surface area contributed by atoms with Gasteiger partial charge in [0.05, 0.1) is 12.2 Å². The predicted molar refractivity (Wildman–Crippen MR) is 105 cm³/mol. The third kappa shape index (κ3) is 6.24. The topological polar surface area (TPSA) is 46.5 Å². The molecule has 0 unspecified atom stereocenters. The summed E-state index contributed by atoms with van der Waals surface area (Å²) >= 11 is 0. The zero-order valence-electron chi connectivity index (χ0n) is 15.7. The van der Waals surface area contributed by atoms with Crippen molar-refractivity contribution in [2.75, 3.05) is 6.61 Å². The van der Waals surface area contributed by atoms with Crippen LogP contribution in [0.3, 0.4) is 0 Å². The highest BCUT2D eigenvalue weighted by Gasteiger charge is 2.30. The average molecular weight is 402 g/mol. The van der Waals surface area contributed by atoms with Crippen molar-refractivity contribution in [1.82, 2.24) is 0 Å². The normalized spacial score (nSPS) is 14.9. The van der Waals surface area contributed by atoms with Crippen molar-refractivity contribution in [3.05, 3.63) is 83.4 Å². The molecule has 152 valence electrons. The standard InChI is InChI=1S/C23H21F3O3/c24-23(25,26)19-11-9-17(10-12-19)21(5-2-6-22(27)28)18-3-1-4-20(15-18)29-14-13-16-7-8-16/h1-6,9-12,15-16H,7-8,13-14H2,(H,27,28). The van der Waals surface area contributed by atoms with Crippen LogP contribution in [0, 0.1) is 5.92 Å². The Morgan fingerprint density at radius 1 is 1.10 bits per heavy atom. The minimum Gasteiger partial charge on any atom is -0.494 e. The van der Waals surface area contributed by atoms with E-state index in [-0.39, 0.29) is 0 Å². The second-order valence-electron chi connectivity index (χ2n) is 6.96. The summed E-state index contributed by atoms with van der Waals surface area (Å²) in [5, 5.41) is 8.82. The van der Waals surface area contributed by atoms with Gasteiger partial charge >= 0.3 is 12.1 Å². The molecule has 1 aliphatic carbocycles. The van der Waals surface area contributed by atoms with Gasteiger partial charge in [-0.25, -0.2) is 4.79 Å². The van der Waals surface area contributed by atoms with Gasteiger partial charge in [-0.05, 0) is 53.3 Å². The number of hydrogen-bond acceptors (Lipinski definition) is 2.